The first-order valence-electron chi connectivity index (χ1n) is 6.14. The zero-order valence-electron chi connectivity index (χ0n) is 10.4. The normalized spacial score (nSPS) is 18.9. The predicted octanol–water partition coefficient (Wildman–Crippen LogP) is 1.93. The summed E-state index contributed by atoms with van der Waals surface area (Å²) in [5.41, 5.74) is 1.80. The highest BCUT2D eigenvalue weighted by molar-refractivity contribution is 5.94. The number of carbonyl (C=O) groups is 2. The van der Waals surface area contributed by atoms with Crippen LogP contribution in [0, 0.1) is 12.8 Å². The summed E-state index contributed by atoms with van der Waals surface area (Å²) in [6.45, 7) is 3.19. The summed E-state index contributed by atoms with van der Waals surface area (Å²) in [5, 5.41) is 8.74. The van der Waals surface area contributed by atoms with Crippen molar-refractivity contribution in [3.63, 3.8) is 0 Å². The Bertz CT molecular complexity index is 453. The van der Waals surface area contributed by atoms with Gasteiger partial charge >= 0.3 is 5.97 Å². The van der Waals surface area contributed by atoms with Crippen molar-refractivity contribution < 1.29 is 14.7 Å². The van der Waals surface area contributed by atoms with Gasteiger partial charge < -0.3 is 10.0 Å². The standard InChI is InChI=1S/C14H17NO3/c1-10-2-4-12(5-3-10)14(18)15-7-6-11(9-15)8-13(16)17/h2-5,11H,6-9H2,1H3,(H,16,17). The molecule has 0 aliphatic carbocycles. The van der Waals surface area contributed by atoms with Gasteiger partial charge in [0.1, 0.15) is 0 Å². The lowest BCUT2D eigenvalue weighted by Gasteiger charge is -2.16. The van der Waals surface area contributed by atoms with Crippen LogP contribution in [0.2, 0.25) is 0 Å². The maximum Gasteiger partial charge on any atom is 0.303 e. The van der Waals surface area contributed by atoms with Crippen LogP contribution < -0.4 is 0 Å². The number of hydrogen-bond donors (Lipinski definition) is 1. The lowest BCUT2D eigenvalue weighted by Crippen LogP contribution is -2.28. The highest BCUT2D eigenvalue weighted by atomic mass is 16.4. The lowest BCUT2D eigenvalue weighted by atomic mass is 10.1. The van der Waals surface area contributed by atoms with E-state index in [1.165, 1.54) is 0 Å². The van der Waals surface area contributed by atoms with Gasteiger partial charge in [0, 0.05) is 25.1 Å². The average Bonchev–Trinajstić information content (AvgIpc) is 2.76. The number of nitrogens with zero attached hydrogens (tertiary/aromatic N) is 1. The third-order valence-electron chi connectivity index (χ3n) is 3.33. The lowest BCUT2D eigenvalue weighted by molar-refractivity contribution is -0.138. The molecule has 1 aromatic carbocycles. The molecular weight excluding hydrogens is 230 g/mol. The molecule has 0 radical (unpaired) electrons. The van der Waals surface area contributed by atoms with E-state index in [2.05, 4.69) is 0 Å². The number of hydrogen-bond acceptors (Lipinski definition) is 2. The molecule has 1 unspecified atom stereocenters. The number of benzene rings is 1. The molecular formula is C14H17NO3. The van der Waals surface area contributed by atoms with Crippen LogP contribution in [-0.2, 0) is 4.79 Å². The van der Waals surface area contributed by atoms with Gasteiger partial charge in [-0.25, -0.2) is 0 Å². The SMILES string of the molecule is Cc1ccc(C(=O)N2CCC(CC(=O)O)C2)cc1. The summed E-state index contributed by atoms with van der Waals surface area (Å²) in [7, 11) is 0. The van der Waals surface area contributed by atoms with Crippen molar-refractivity contribution in [3.8, 4) is 0 Å². The predicted molar refractivity (Wildman–Crippen MR) is 67.4 cm³/mol. The first-order chi connectivity index (χ1) is 8.56. The van der Waals surface area contributed by atoms with Crippen LogP contribution in [-0.4, -0.2) is 35.0 Å². The van der Waals surface area contributed by atoms with Gasteiger partial charge in [-0.2, -0.15) is 0 Å². The highest BCUT2D eigenvalue weighted by Crippen LogP contribution is 2.21. The van der Waals surface area contributed by atoms with E-state index in [-0.39, 0.29) is 18.2 Å². The molecule has 1 saturated heterocycles. The Morgan fingerprint density at radius 1 is 1.33 bits per heavy atom. The van der Waals surface area contributed by atoms with Crippen LogP contribution >= 0.6 is 0 Å². The maximum absolute atomic E-state index is 12.2. The molecule has 96 valence electrons. The van der Waals surface area contributed by atoms with Gasteiger partial charge in [-0.1, -0.05) is 17.7 Å². The Hall–Kier alpha value is -1.84. The minimum Gasteiger partial charge on any atom is -0.481 e. The van der Waals surface area contributed by atoms with Crippen LogP contribution in [0.4, 0.5) is 0 Å². The van der Waals surface area contributed by atoms with Crippen molar-refractivity contribution in [2.75, 3.05) is 13.1 Å². The number of likely N-dealkylation sites (tertiary alicyclic amines) is 1. The Balaban J connectivity index is 1.99. The van der Waals surface area contributed by atoms with E-state index in [4.69, 9.17) is 5.11 Å². The van der Waals surface area contributed by atoms with Gasteiger partial charge in [0.05, 0.1) is 0 Å². The van der Waals surface area contributed by atoms with Gasteiger partial charge in [-0.3, -0.25) is 9.59 Å². The van der Waals surface area contributed by atoms with Crippen molar-refractivity contribution in [1.82, 2.24) is 4.90 Å². The van der Waals surface area contributed by atoms with Crippen LogP contribution in [0.25, 0.3) is 0 Å². The highest BCUT2D eigenvalue weighted by Gasteiger charge is 2.28. The van der Waals surface area contributed by atoms with Crippen molar-refractivity contribution >= 4 is 11.9 Å². The number of amides is 1. The summed E-state index contributed by atoms with van der Waals surface area (Å²) in [4.78, 5) is 24.6. The Morgan fingerprint density at radius 2 is 2.00 bits per heavy atom. The van der Waals surface area contributed by atoms with Gasteiger partial charge in [0.15, 0.2) is 0 Å². The van der Waals surface area contributed by atoms with Gasteiger partial charge in [-0.15, -0.1) is 0 Å². The molecule has 1 atom stereocenters. The average molecular weight is 247 g/mol. The van der Waals surface area contributed by atoms with Crippen LogP contribution in [0.1, 0.15) is 28.8 Å². The smallest absolute Gasteiger partial charge is 0.303 e. The van der Waals surface area contributed by atoms with Gasteiger partial charge in [0.2, 0.25) is 0 Å². The second kappa shape index (κ2) is 5.21. The van der Waals surface area contributed by atoms with Crippen molar-refractivity contribution in [3.05, 3.63) is 35.4 Å². The number of carbonyl (C=O) groups excluding carboxylic acids is 1. The van der Waals surface area contributed by atoms with E-state index in [0.717, 1.165) is 12.0 Å². The topological polar surface area (TPSA) is 57.6 Å². The molecule has 2 rings (SSSR count). The number of aliphatic carboxylic acids is 1. The number of aryl methyl sites for hydroxylation is 1. The summed E-state index contributed by atoms with van der Waals surface area (Å²) >= 11 is 0. The van der Waals surface area contributed by atoms with Crippen LogP contribution in [0.5, 0.6) is 0 Å². The van der Waals surface area contributed by atoms with Crippen LogP contribution in [0.15, 0.2) is 24.3 Å². The molecule has 18 heavy (non-hydrogen) atoms. The Labute approximate surface area is 106 Å². The third-order valence-corrected chi connectivity index (χ3v) is 3.33. The molecule has 1 amide bonds. The fourth-order valence-electron chi connectivity index (χ4n) is 2.31. The van der Waals surface area contributed by atoms with E-state index in [9.17, 15) is 9.59 Å². The first kappa shape index (κ1) is 12.6. The molecule has 1 aliphatic rings. The fourth-order valence-corrected chi connectivity index (χ4v) is 2.31. The second-order valence-corrected chi connectivity index (χ2v) is 4.87. The third kappa shape index (κ3) is 2.88. The molecule has 1 aromatic rings. The largest absolute Gasteiger partial charge is 0.481 e. The first-order valence-corrected chi connectivity index (χ1v) is 6.14. The molecule has 0 spiro atoms. The Morgan fingerprint density at radius 3 is 2.61 bits per heavy atom. The number of carboxylic acid groups (broad SMARTS) is 1. The van der Waals surface area contributed by atoms with E-state index < -0.39 is 5.97 Å². The maximum atomic E-state index is 12.2. The molecule has 0 aromatic heterocycles. The zero-order chi connectivity index (χ0) is 13.1. The molecule has 0 saturated carbocycles. The van der Waals surface area contributed by atoms with Crippen molar-refractivity contribution in [2.45, 2.75) is 19.8 Å². The monoisotopic (exact) mass is 247 g/mol. The minimum absolute atomic E-state index is 0.00267. The van der Waals surface area contributed by atoms with E-state index in [1.807, 2.05) is 31.2 Å². The van der Waals surface area contributed by atoms with Gasteiger partial charge in [-0.05, 0) is 31.4 Å². The summed E-state index contributed by atoms with van der Waals surface area (Å²) < 4.78 is 0. The van der Waals surface area contributed by atoms with E-state index >= 15 is 0 Å². The summed E-state index contributed by atoms with van der Waals surface area (Å²) in [6.07, 6.45) is 0.932. The van der Waals surface area contributed by atoms with E-state index in [0.29, 0.717) is 18.7 Å². The van der Waals surface area contributed by atoms with Crippen LogP contribution in [0.3, 0.4) is 0 Å². The quantitative estimate of drug-likeness (QED) is 0.888. The second-order valence-electron chi connectivity index (χ2n) is 4.87. The summed E-state index contributed by atoms with van der Waals surface area (Å²) in [5.74, 6) is -0.690. The van der Waals surface area contributed by atoms with Gasteiger partial charge in [0.25, 0.3) is 5.91 Å². The number of carboxylic acids is 1. The Kier molecular flexibility index (Phi) is 3.65. The molecule has 1 aliphatic heterocycles. The zero-order valence-corrected chi connectivity index (χ0v) is 10.4. The molecule has 1 heterocycles. The van der Waals surface area contributed by atoms with Crippen molar-refractivity contribution in [1.29, 1.82) is 0 Å². The fraction of sp³-hybridized carbons (Fsp3) is 0.429. The molecule has 1 fully saturated rings. The molecule has 0 bridgehead atoms. The minimum atomic E-state index is -0.787. The number of rotatable bonds is 3. The van der Waals surface area contributed by atoms with Crippen molar-refractivity contribution in [2.24, 2.45) is 5.92 Å². The molecule has 4 heteroatoms. The molecule has 4 nitrogen and oxygen atoms in total. The molecule has 1 N–H and O–H groups in total. The van der Waals surface area contributed by atoms with E-state index in [1.54, 1.807) is 4.90 Å². The summed E-state index contributed by atoms with van der Waals surface area (Å²) in [6, 6.07) is 7.47.